The zero-order valence-corrected chi connectivity index (χ0v) is 12.3. The molecule has 2 aromatic rings. The van der Waals surface area contributed by atoms with Gasteiger partial charge in [0.15, 0.2) is 5.65 Å². The number of nitrogens with zero attached hydrogens (tertiary/aromatic N) is 4. The topological polar surface area (TPSA) is 45.5 Å². The van der Waals surface area contributed by atoms with E-state index in [1.165, 1.54) is 38.0 Å². The highest BCUT2D eigenvalue weighted by Gasteiger charge is 2.14. The number of aryl methyl sites for hydroxylation is 1. The molecule has 0 bridgehead atoms. The normalized spacial score (nSPS) is 17.7. The fourth-order valence-corrected chi connectivity index (χ4v) is 2.80. The van der Waals surface area contributed by atoms with E-state index in [0.717, 1.165) is 18.1 Å². The third kappa shape index (κ3) is 3.10. The van der Waals surface area contributed by atoms with Crippen LogP contribution >= 0.6 is 0 Å². The first-order chi connectivity index (χ1) is 9.70. The van der Waals surface area contributed by atoms with Gasteiger partial charge >= 0.3 is 0 Å². The van der Waals surface area contributed by atoms with Crippen molar-refractivity contribution >= 4 is 11.6 Å². The second kappa shape index (κ2) is 5.79. The summed E-state index contributed by atoms with van der Waals surface area (Å²) in [4.78, 5) is 7.03. The minimum atomic E-state index is 0.612. The predicted molar refractivity (Wildman–Crippen MR) is 81.1 cm³/mol. The zero-order valence-electron chi connectivity index (χ0n) is 12.3. The van der Waals surface area contributed by atoms with Gasteiger partial charge in [-0.05, 0) is 50.4 Å². The van der Waals surface area contributed by atoms with Crippen LogP contribution in [0.25, 0.3) is 5.65 Å². The first-order valence-corrected chi connectivity index (χ1v) is 7.50. The van der Waals surface area contributed by atoms with E-state index in [9.17, 15) is 0 Å². The molecule has 20 heavy (non-hydrogen) atoms. The molecule has 1 unspecified atom stereocenters. The summed E-state index contributed by atoms with van der Waals surface area (Å²) in [6.45, 7) is 8.95. The Labute approximate surface area is 120 Å². The highest BCUT2D eigenvalue weighted by Crippen LogP contribution is 2.11. The van der Waals surface area contributed by atoms with Crippen molar-refractivity contribution in [1.29, 1.82) is 0 Å². The van der Waals surface area contributed by atoms with Crippen molar-refractivity contribution in [3.63, 3.8) is 0 Å². The molecule has 0 amide bonds. The second-order valence-corrected chi connectivity index (χ2v) is 5.94. The van der Waals surface area contributed by atoms with Gasteiger partial charge in [0.2, 0.25) is 5.95 Å². The van der Waals surface area contributed by atoms with Crippen LogP contribution in [-0.4, -0.2) is 45.7 Å². The zero-order chi connectivity index (χ0) is 13.9. The summed E-state index contributed by atoms with van der Waals surface area (Å²) in [6, 6.07) is 4.06. The molecule has 0 radical (unpaired) electrons. The molecule has 108 valence electrons. The first kappa shape index (κ1) is 13.4. The lowest BCUT2D eigenvalue weighted by Gasteiger charge is -2.20. The van der Waals surface area contributed by atoms with Gasteiger partial charge in [-0.1, -0.05) is 13.0 Å². The number of nitrogens with one attached hydrogen (secondary N) is 1. The van der Waals surface area contributed by atoms with E-state index in [4.69, 9.17) is 0 Å². The maximum Gasteiger partial charge on any atom is 0.243 e. The first-order valence-electron chi connectivity index (χ1n) is 7.50. The van der Waals surface area contributed by atoms with Crippen LogP contribution < -0.4 is 5.32 Å². The van der Waals surface area contributed by atoms with Crippen LogP contribution in [0.2, 0.25) is 0 Å². The second-order valence-electron chi connectivity index (χ2n) is 5.94. The standard InChI is InChI=1S/C15H23N5/c1-12-5-6-14-17-15(18-20(14)11-12)16-9-13(2)10-19-7-3-4-8-19/h5-6,11,13H,3-4,7-10H2,1-2H3,(H,16,18). The number of aromatic nitrogens is 3. The monoisotopic (exact) mass is 273 g/mol. The summed E-state index contributed by atoms with van der Waals surface area (Å²) < 4.78 is 1.84. The van der Waals surface area contributed by atoms with Gasteiger partial charge in [-0.25, -0.2) is 4.52 Å². The fraction of sp³-hybridized carbons (Fsp3) is 0.600. The van der Waals surface area contributed by atoms with Crippen LogP contribution in [0, 0.1) is 12.8 Å². The van der Waals surface area contributed by atoms with Crippen LogP contribution in [0.4, 0.5) is 5.95 Å². The quantitative estimate of drug-likeness (QED) is 0.907. The van der Waals surface area contributed by atoms with Crippen molar-refractivity contribution in [3.05, 3.63) is 23.9 Å². The molecule has 1 aliphatic rings. The van der Waals surface area contributed by atoms with Crippen molar-refractivity contribution in [3.8, 4) is 0 Å². The van der Waals surface area contributed by atoms with Crippen LogP contribution in [0.3, 0.4) is 0 Å². The summed E-state index contributed by atoms with van der Waals surface area (Å²) in [6.07, 6.45) is 4.71. The Bertz CT molecular complexity index is 571. The molecular weight excluding hydrogens is 250 g/mol. The SMILES string of the molecule is Cc1ccc2nc(NCC(C)CN3CCCC3)nn2c1. The van der Waals surface area contributed by atoms with Crippen LogP contribution in [0.15, 0.2) is 18.3 Å². The smallest absolute Gasteiger partial charge is 0.243 e. The maximum atomic E-state index is 4.48. The van der Waals surface area contributed by atoms with Gasteiger partial charge < -0.3 is 10.2 Å². The molecule has 0 aromatic carbocycles. The van der Waals surface area contributed by atoms with E-state index in [-0.39, 0.29) is 0 Å². The lowest BCUT2D eigenvalue weighted by Crippen LogP contribution is -2.29. The average Bonchev–Trinajstić information content (AvgIpc) is 3.04. The van der Waals surface area contributed by atoms with E-state index >= 15 is 0 Å². The lowest BCUT2D eigenvalue weighted by molar-refractivity contribution is 0.294. The van der Waals surface area contributed by atoms with E-state index in [0.29, 0.717) is 5.92 Å². The Balaban J connectivity index is 1.56. The Kier molecular flexibility index (Phi) is 3.87. The summed E-state index contributed by atoms with van der Waals surface area (Å²) in [5, 5.41) is 7.82. The third-order valence-electron chi connectivity index (χ3n) is 3.86. The molecular formula is C15H23N5. The molecule has 3 heterocycles. The molecule has 0 spiro atoms. The molecule has 0 saturated carbocycles. The highest BCUT2D eigenvalue weighted by atomic mass is 15.3. The number of likely N-dealkylation sites (tertiary alicyclic amines) is 1. The molecule has 1 fully saturated rings. The number of hydrogen-bond acceptors (Lipinski definition) is 4. The number of fused-ring (bicyclic) bond motifs is 1. The van der Waals surface area contributed by atoms with E-state index in [1.54, 1.807) is 0 Å². The van der Waals surface area contributed by atoms with E-state index in [2.05, 4.69) is 40.2 Å². The largest absolute Gasteiger partial charge is 0.353 e. The molecule has 1 N–H and O–H groups in total. The van der Waals surface area contributed by atoms with Gasteiger partial charge in [0.05, 0.1) is 0 Å². The number of pyridine rings is 1. The van der Waals surface area contributed by atoms with Gasteiger partial charge in [-0.15, -0.1) is 5.10 Å². The highest BCUT2D eigenvalue weighted by molar-refractivity contribution is 5.44. The average molecular weight is 273 g/mol. The third-order valence-corrected chi connectivity index (χ3v) is 3.86. The van der Waals surface area contributed by atoms with Crippen molar-refractivity contribution in [2.75, 3.05) is 31.5 Å². The summed E-state index contributed by atoms with van der Waals surface area (Å²) in [7, 11) is 0. The van der Waals surface area contributed by atoms with Gasteiger partial charge in [0.25, 0.3) is 0 Å². The van der Waals surface area contributed by atoms with Crippen molar-refractivity contribution < 1.29 is 0 Å². The van der Waals surface area contributed by atoms with Gasteiger partial charge in [-0.2, -0.15) is 4.98 Å². The number of hydrogen-bond donors (Lipinski definition) is 1. The Hall–Kier alpha value is -1.62. The van der Waals surface area contributed by atoms with Crippen molar-refractivity contribution in [2.45, 2.75) is 26.7 Å². The van der Waals surface area contributed by atoms with Crippen molar-refractivity contribution in [2.24, 2.45) is 5.92 Å². The Morgan fingerprint density at radius 2 is 2.10 bits per heavy atom. The van der Waals surface area contributed by atoms with Gasteiger partial charge in [0, 0.05) is 19.3 Å². The van der Waals surface area contributed by atoms with E-state index < -0.39 is 0 Å². The molecule has 2 aromatic heterocycles. The Morgan fingerprint density at radius 1 is 1.30 bits per heavy atom. The molecule has 5 nitrogen and oxygen atoms in total. The van der Waals surface area contributed by atoms with Gasteiger partial charge in [-0.3, -0.25) is 0 Å². The molecule has 5 heteroatoms. The molecule has 1 saturated heterocycles. The molecule has 0 aliphatic carbocycles. The number of anilines is 1. The maximum absolute atomic E-state index is 4.48. The van der Waals surface area contributed by atoms with Crippen LogP contribution in [-0.2, 0) is 0 Å². The fourth-order valence-electron chi connectivity index (χ4n) is 2.80. The van der Waals surface area contributed by atoms with Crippen LogP contribution in [0.1, 0.15) is 25.3 Å². The molecule has 1 atom stereocenters. The van der Waals surface area contributed by atoms with Crippen molar-refractivity contribution in [1.82, 2.24) is 19.5 Å². The van der Waals surface area contributed by atoms with Gasteiger partial charge in [0.1, 0.15) is 0 Å². The molecule has 3 rings (SSSR count). The number of rotatable bonds is 5. The minimum absolute atomic E-state index is 0.612. The van der Waals surface area contributed by atoms with Crippen LogP contribution in [0.5, 0.6) is 0 Å². The summed E-state index contributed by atoms with van der Waals surface area (Å²) in [5.41, 5.74) is 2.08. The van der Waals surface area contributed by atoms with E-state index in [1.807, 2.05) is 16.8 Å². The minimum Gasteiger partial charge on any atom is -0.353 e. The summed E-state index contributed by atoms with van der Waals surface area (Å²) >= 11 is 0. The lowest BCUT2D eigenvalue weighted by atomic mass is 10.1. The summed E-state index contributed by atoms with van der Waals surface area (Å²) in [5.74, 6) is 1.34. The predicted octanol–water partition coefficient (Wildman–Crippen LogP) is 2.18. The molecule has 1 aliphatic heterocycles. The Morgan fingerprint density at radius 3 is 2.90 bits per heavy atom.